The molecule has 1 aliphatic rings. The SMILES string of the molecule is CCc1cccc(CC)c1NC(=S)N(CCCN1CCOCC1)Cc1cccc(Cl)c1. The van der Waals surface area contributed by atoms with Gasteiger partial charge < -0.3 is 15.0 Å². The number of halogens is 1. The maximum absolute atomic E-state index is 6.24. The third-order valence-corrected chi connectivity index (χ3v) is 6.38. The minimum atomic E-state index is 0.741. The van der Waals surface area contributed by atoms with E-state index in [1.165, 1.54) is 22.4 Å². The molecule has 2 aromatic carbocycles. The first-order valence-electron chi connectivity index (χ1n) is 11.3. The highest BCUT2D eigenvalue weighted by Crippen LogP contribution is 2.24. The maximum Gasteiger partial charge on any atom is 0.173 e. The van der Waals surface area contributed by atoms with Crippen LogP contribution in [0.4, 0.5) is 5.69 Å². The Morgan fingerprint density at radius 3 is 2.42 bits per heavy atom. The lowest BCUT2D eigenvalue weighted by Crippen LogP contribution is -2.40. The summed E-state index contributed by atoms with van der Waals surface area (Å²) in [5.74, 6) is 0. The number of nitrogens with zero attached hydrogens (tertiary/aromatic N) is 2. The molecule has 0 spiro atoms. The molecule has 0 aromatic heterocycles. The molecule has 0 aliphatic carbocycles. The highest BCUT2D eigenvalue weighted by atomic mass is 35.5. The van der Waals surface area contributed by atoms with Crippen LogP contribution in [0.2, 0.25) is 5.02 Å². The van der Waals surface area contributed by atoms with Gasteiger partial charge in [-0.05, 0) is 60.3 Å². The van der Waals surface area contributed by atoms with Crippen molar-refractivity contribution in [2.75, 3.05) is 44.7 Å². The Bertz CT molecular complexity index is 832. The van der Waals surface area contributed by atoms with E-state index in [0.717, 1.165) is 75.3 Å². The molecule has 3 rings (SSSR count). The number of thiocarbonyl (C=S) groups is 1. The van der Waals surface area contributed by atoms with E-state index in [2.05, 4.69) is 53.2 Å². The van der Waals surface area contributed by atoms with Gasteiger partial charge in [-0.1, -0.05) is 55.8 Å². The zero-order valence-corrected chi connectivity index (χ0v) is 20.3. The van der Waals surface area contributed by atoms with Gasteiger partial charge >= 0.3 is 0 Å². The molecule has 1 heterocycles. The van der Waals surface area contributed by atoms with E-state index in [9.17, 15) is 0 Å². The summed E-state index contributed by atoms with van der Waals surface area (Å²) in [5.41, 5.74) is 4.94. The number of hydrogen-bond donors (Lipinski definition) is 1. The Morgan fingerprint density at radius 1 is 1.10 bits per heavy atom. The van der Waals surface area contributed by atoms with Gasteiger partial charge in [0.05, 0.1) is 13.2 Å². The van der Waals surface area contributed by atoms with Crippen molar-refractivity contribution in [1.82, 2.24) is 9.80 Å². The largest absolute Gasteiger partial charge is 0.379 e. The summed E-state index contributed by atoms with van der Waals surface area (Å²) in [6.45, 7) is 10.8. The Balaban J connectivity index is 1.72. The summed E-state index contributed by atoms with van der Waals surface area (Å²) in [6.07, 6.45) is 3.01. The highest BCUT2D eigenvalue weighted by molar-refractivity contribution is 7.80. The van der Waals surface area contributed by atoms with Gasteiger partial charge in [0.2, 0.25) is 0 Å². The van der Waals surface area contributed by atoms with E-state index in [1.807, 2.05) is 18.2 Å². The number of anilines is 1. The number of benzene rings is 2. The summed E-state index contributed by atoms with van der Waals surface area (Å²) in [6, 6.07) is 14.6. The normalized spacial score (nSPS) is 14.4. The molecule has 0 unspecified atom stereocenters. The first kappa shape index (κ1) is 24.0. The molecule has 1 saturated heterocycles. The van der Waals surface area contributed by atoms with E-state index >= 15 is 0 Å². The second kappa shape index (κ2) is 12.4. The van der Waals surface area contributed by atoms with Gasteiger partial charge in [0.1, 0.15) is 0 Å². The lowest BCUT2D eigenvalue weighted by atomic mass is 10.0. The predicted molar refractivity (Wildman–Crippen MR) is 135 cm³/mol. The van der Waals surface area contributed by atoms with Crippen molar-refractivity contribution in [1.29, 1.82) is 0 Å². The van der Waals surface area contributed by atoms with Crippen LogP contribution in [0.25, 0.3) is 0 Å². The number of morpholine rings is 1. The Kier molecular flexibility index (Phi) is 9.59. The third kappa shape index (κ3) is 7.18. The molecule has 0 bridgehead atoms. The summed E-state index contributed by atoms with van der Waals surface area (Å²) in [5, 5.41) is 5.13. The summed E-state index contributed by atoms with van der Waals surface area (Å²) >= 11 is 12.2. The zero-order chi connectivity index (χ0) is 22.1. The van der Waals surface area contributed by atoms with Crippen molar-refractivity contribution in [2.24, 2.45) is 0 Å². The molecule has 168 valence electrons. The maximum atomic E-state index is 6.24. The molecule has 1 aliphatic heterocycles. The van der Waals surface area contributed by atoms with Gasteiger partial charge in [-0.2, -0.15) is 0 Å². The Labute approximate surface area is 197 Å². The lowest BCUT2D eigenvalue weighted by molar-refractivity contribution is 0.0368. The van der Waals surface area contributed by atoms with Crippen LogP contribution in [0.1, 0.15) is 37.0 Å². The van der Waals surface area contributed by atoms with E-state index in [-0.39, 0.29) is 0 Å². The van der Waals surface area contributed by atoms with Gasteiger partial charge in [0, 0.05) is 43.4 Å². The first-order chi connectivity index (χ1) is 15.1. The number of hydrogen-bond acceptors (Lipinski definition) is 3. The van der Waals surface area contributed by atoms with Crippen molar-refractivity contribution in [3.8, 4) is 0 Å². The summed E-state index contributed by atoms with van der Waals surface area (Å²) < 4.78 is 5.47. The number of ether oxygens (including phenoxy) is 1. The highest BCUT2D eigenvalue weighted by Gasteiger charge is 2.16. The number of nitrogens with one attached hydrogen (secondary N) is 1. The van der Waals surface area contributed by atoms with E-state index < -0.39 is 0 Å². The molecule has 6 heteroatoms. The van der Waals surface area contributed by atoms with Gasteiger partial charge in [-0.25, -0.2) is 0 Å². The molecule has 1 fully saturated rings. The summed E-state index contributed by atoms with van der Waals surface area (Å²) in [4.78, 5) is 4.74. The van der Waals surface area contributed by atoms with Gasteiger partial charge in [-0.3, -0.25) is 4.90 Å². The topological polar surface area (TPSA) is 27.7 Å². The molecule has 0 saturated carbocycles. The van der Waals surface area contributed by atoms with Crippen molar-refractivity contribution in [3.63, 3.8) is 0 Å². The van der Waals surface area contributed by atoms with Gasteiger partial charge in [0.15, 0.2) is 5.11 Å². The lowest BCUT2D eigenvalue weighted by Gasteiger charge is -2.30. The van der Waals surface area contributed by atoms with Crippen molar-refractivity contribution >= 4 is 34.6 Å². The van der Waals surface area contributed by atoms with E-state index in [4.69, 9.17) is 28.6 Å². The second-order valence-corrected chi connectivity index (χ2v) is 8.77. The van der Waals surface area contributed by atoms with Crippen LogP contribution in [-0.2, 0) is 24.1 Å². The average molecular weight is 460 g/mol. The van der Waals surface area contributed by atoms with Crippen LogP contribution in [0, 0.1) is 0 Å². The van der Waals surface area contributed by atoms with Crippen LogP contribution in [-0.4, -0.2) is 54.3 Å². The van der Waals surface area contributed by atoms with Crippen LogP contribution >= 0.6 is 23.8 Å². The fourth-order valence-corrected chi connectivity index (χ4v) is 4.48. The smallest absolute Gasteiger partial charge is 0.173 e. The monoisotopic (exact) mass is 459 g/mol. The third-order valence-electron chi connectivity index (χ3n) is 5.79. The molecule has 31 heavy (non-hydrogen) atoms. The quantitative estimate of drug-likeness (QED) is 0.508. The molecule has 4 nitrogen and oxygen atoms in total. The van der Waals surface area contributed by atoms with Crippen molar-refractivity contribution in [2.45, 2.75) is 39.7 Å². The number of aryl methyl sites for hydroxylation is 2. The van der Waals surface area contributed by atoms with Crippen LogP contribution < -0.4 is 5.32 Å². The van der Waals surface area contributed by atoms with Gasteiger partial charge in [-0.15, -0.1) is 0 Å². The first-order valence-corrected chi connectivity index (χ1v) is 12.1. The standard InChI is InChI=1S/C25H34ClN3OS/c1-3-21-9-6-10-22(4-2)24(21)27-25(31)29(19-20-8-5-11-23(26)18-20)13-7-12-28-14-16-30-17-15-28/h5-6,8-11,18H,3-4,7,12-17,19H2,1-2H3,(H,27,31). The number of rotatable bonds is 9. The molecular weight excluding hydrogens is 426 g/mol. The van der Waals surface area contributed by atoms with Crippen LogP contribution in [0.3, 0.4) is 0 Å². The molecule has 0 amide bonds. The average Bonchev–Trinajstić information content (AvgIpc) is 2.79. The van der Waals surface area contributed by atoms with E-state index in [0.29, 0.717) is 0 Å². The Morgan fingerprint density at radius 2 is 1.77 bits per heavy atom. The van der Waals surface area contributed by atoms with Crippen molar-refractivity contribution < 1.29 is 4.74 Å². The predicted octanol–water partition coefficient (Wildman–Crippen LogP) is 5.39. The van der Waals surface area contributed by atoms with Crippen molar-refractivity contribution in [3.05, 3.63) is 64.2 Å². The Hall–Kier alpha value is -1.66. The molecular formula is C25H34ClN3OS. The van der Waals surface area contributed by atoms with Crippen LogP contribution in [0.5, 0.6) is 0 Å². The molecule has 0 radical (unpaired) electrons. The second-order valence-electron chi connectivity index (χ2n) is 7.95. The number of para-hydroxylation sites is 1. The van der Waals surface area contributed by atoms with E-state index in [1.54, 1.807) is 0 Å². The minimum absolute atomic E-state index is 0.741. The van der Waals surface area contributed by atoms with Gasteiger partial charge in [0.25, 0.3) is 0 Å². The summed E-state index contributed by atoms with van der Waals surface area (Å²) in [7, 11) is 0. The fourth-order valence-electron chi connectivity index (χ4n) is 4.01. The molecule has 0 atom stereocenters. The minimum Gasteiger partial charge on any atom is -0.379 e. The molecule has 2 aromatic rings. The van der Waals surface area contributed by atoms with Crippen LogP contribution in [0.15, 0.2) is 42.5 Å². The fraction of sp³-hybridized carbons (Fsp3) is 0.480. The molecule has 1 N–H and O–H groups in total. The zero-order valence-electron chi connectivity index (χ0n) is 18.7.